The molecule has 130 valence electrons. The molecule has 25 heavy (non-hydrogen) atoms. The highest BCUT2D eigenvalue weighted by molar-refractivity contribution is 5.88. The number of nitrogens with zero attached hydrogens (tertiary/aromatic N) is 2. The van der Waals surface area contributed by atoms with Crippen molar-refractivity contribution in [2.24, 2.45) is 0 Å². The number of furan rings is 1. The number of aromatic amines is 1. The van der Waals surface area contributed by atoms with E-state index in [2.05, 4.69) is 10.2 Å². The molecule has 0 unspecified atom stereocenters. The maximum Gasteiger partial charge on any atom is 0.227 e. The Labute approximate surface area is 145 Å². The molecule has 3 aromatic rings. The van der Waals surface area contributed by atoms with E-state index in [1.165, 1.54) is 0 Å². The topological polar surface area (TPSA) is 71.4 Å². The number of carbonyl (C=O) groups excluding carboxylic acids is 1. The van der Waals surface area contributed by atoms with Gasteiger partial charge < -0.3 is 14.1 Å². The summed E-state index contributed by atoms with van der Waals surface area (Å²) < 4.78 is 11.2. The SMILES string of the molecule is Cc1ccc2c(CC(=O)N3CCOC[C@@H]3c3[nH]ncc3C)coc2c1. The first kappa shape index (κ1) is 15.9. The van der Waals surface area contributed by atoms with Crippen molar-refractivity contribution >= 4 is 16.9 Å². The molecular weight excluding hydrogens is 318 g/mol. The normalized spacial score (nSPS) is 18.0. The summed E-state index contributed by atoms with van der Waals surface area (Å²) in [6, 6.07) is 5.93. The van der Waals surface area contributed by atoms with Crippen LogP contribution in [0, 0.1) is 13.8 Å². The summed E-state index contributed by atoms with van der Waals surface area (Å²) in [5.74, 6) is 0.0746. The van der Waals surface area contributed by atoms with Crippen LogP contribution in [0.3, 0.4) is 0 Å². The highest BCUT2D eigenvalue weighted by Crippen LogP contribution is 2.28. The van der Waals surface area contributed by atoms with Crippen LogP contribution in [0.5, 0.6) is 0 Å². The molecule has 2 aromatic heterocycles. The van der Waals surface area contributed by atoms with Gasteiger partial charge in [0.25, 0.3) is 0 Å². The third kappa shape index (κ3) is 2.93. The quantitative estimate of drug-likeness (QED) is 0.796. The second kappa shape index (κ2) is 6.37. The summed E-state index contributed by atoms with van der Waals surface area (Å²) in [5.41, 5.74) is 4.87. The fourth-order valence-electron chi connectivity index (χ4n) is 3.43. The summed E-state index contributed by atoms with van der Waals surface area (Å²) in [5, 5.41) is 8.10. The lowest BCUT2D eigenvalue weighted by molar-refractivity contribution is -0.139. The molecule has 0 aliphatic carbocycles. The van der Waals surface area contributed by atoms with Gasteiger partial charge in [0.05, 0.1) is 43.8 Å². The number of hydrogen-bond donors (Lipinski definition) is 1. The summed E-state index contributed by atoms with van der Waals surface area (Å²) >= 11 is 0. The van der Waals surface area contributed by atoms with E-state index >= 15 is 0 Å². The van der Waals surface area contributed by atoms with Crippen LogP contribution in [0.1, 0.15) is 28.4 Å². The lowest BCUT2D eigenvalue weighted by Gasteiger charge is -2.35. The fourth-order valence-corrected chi connectivity index (χ4v) is 3.43. The van der Waals surface area contributed by atoms with Gasteiger partial charge in [-0.25, -0.2) is 0 Å². The molecule has 1 saturated heterocycles. The van der Waals surface area contributed by atoms with Gasteiger partial charge in [-0.1, -0.05) is 12.1 Å². The molecular formula is C19H21N3O3. The molecule has 4 rings (SSSR count). The Hall–Kier alpha value is -2.60. The minimum atomic E-state index is -0.121. The molecule has 1 aliphatic heterocycles. The van der Waals surface area contributed by atoms with Crippen LogP contribution < -0.4 is 0 Å². The number of carbonyl (C=O) groups is 1. The van der Waals surface area contributed by atoms with E-state index in [1.54, 1.807) is 12.5 Å². The maximum absolute atomic E-state index is 13.0. The Morgan fingerprint density at radius 1 is 1.40 bits per heavy atom. The Morgan fingerprint density at radius 3 is 3.08 bits per heavy atom. The molecule has 0 bridgehead atoms. The second-order valence-corrected chi connectivity index (χ2v) is 6.58. The van der Waals surface area contributed by atoms with E-state index in [9.17, 15) is 4.79 Å². The van der Waals surface area contributed by atoms with Gasteiger partial charge in [-0.15, -0.1) is 0 Å². The van der Waals surface area contributed by atoms with Gasteiger partial charge in [-0.05, 0) is 31.0 Å². The molecule has 6 heteroatoms. The van der Waals surface area contributed by atoms with E-state index < -0.39 is 0 Å². The van der Waals surface area contributed by atoms with Crippen LogP contribution in [0.4, 0.5) is 0 Å². The number of nitrogens with one attached hydrogen (secondary N) is 1. The Balaban J connectivity index is 1.59. The summed E-state index contributed by atoms with van der Waals surface area (Å²) in [6.45, 7) is 5.64. The van der Waals surface area contributed by atoms with Crippen LogP contribution in [0.25, 0.3) is 11.0 Å². The van der Waals surface area contributed by atoms with E-state index in [0.29, 0.717) is 26.2 Å². The third-order valence-electron chi connectivity index (χ3n) is 4.80. The minimum Gasteiger partial charge on any atom is -0.464 e. The molecule has 0 spiro atoms. The monoisotopic (exact) mass is 339 g/mol. The highest BCUT2D eigenvalue weighted by Gasteiger charge is 2.31. The number of benzene rings is 1. The minimum absolute atomic E-state index is 0.0746. The number of ether oxygens (including phenoxy) is 1. The van der Waals surface area contributed by atoms with E-state index in [-0.39, 0.29) is 11.9 Å². The van der Waals surface area contributed by atoms with Crippen molar-refractivity contribution in [1.82, 2.24) is 15.1 Å². The molecule has 3 heterocycles. The van der Waals surface area contributed by atoms with Gasteiger partial charge >= 0.3 is 0 Å². The van der Waals surface area contributed by atoms with Crippen LogP contribution >= 0.6 is 0 Å². The largest absolute Gasteiger partial charge is 0.464 e. The zero-order chi connectivity index (χ0) is 17.4. The Bertz CT molecular complexity index is 912. The third-order valence-corrected chi connectivity index (χ3v) is 4.80. The molecule has 0 radical (unpaired) electrons. The van der Waals surface area contributed by atoms with Crippen molar-refractivity contribution in [2.45, 2.75) is 26.3 Å². The first-order valence-corrected chi connectivity index (χ1v) is 8.47. The smallest absolute Gasteiger partial charge is 0.227 e. The Morgan fingerprint density at radius 2 is 2.28 bits per heavy atom. The predicted molar refractivity (Wildman–Crippen MR) is 93.3 cm³/mol. The second-order valence-electron chi connectivity index (χ2n) is 6.58. The highest BCUT2D eigenvalue weighted by atomic mass is 16.5. The predicted octanol–water partition coefficient (Wildman–Crippen LogP) is 2.92. The average molecular weight is 339 g/mol. The molecule has 1 aliphatic rings. The van der Waals surface area contributed by atoms with Gasteiger partial charge in [0, 0.05) is 17.5 Å². The van der Waals surface area contributed by atoms with Crippen molar-refractivity contribution < 1.29 is 13.9 Å². The van der Waals surface area contributed by atoms with Crippen molar-refractivity contribution in [3.63, 3.8) is 0 Å². The number of morpholine rings is 1. The number of hydrogen-bond acceptors (Lipinski definition) is 4. The van der Waals surface area contributed by atoms with E-state index in [4.69, 9.17) is 9.15 Å². The first-order chi connectivity index (χ1) is 12.1. The van der Waals surface area contributed by atoms with Crippen molar-refractivity contribution in [1.29, 1.82) is 0 Å². The zero-order valence-electron chi connectivity index (χ0n) is 14.4. The van der Waals surface area contributed by atoms with Gasteiger partial charge in [-0.3, -0.25) is 9.89 Å². The van der Waals surface area contributed by atoms with Gasteiger partial charge in [0.1, 0.15) is 5.58 Å². The molecule has 1 atom stereocenters. The molecule has 1 aromatic carbocycles. The van der Waals surface area contributed by atoms with Crippen LogP contribution in [-0.2, 0) is 16.0 Å². The van der Waals surface area contributed by atoms with E-state index in [0.717, 1.165) is 33.4 Å². The average Bonchev–Trinajstić information content (AvgIpc) is 3.21. The van der Waals surface area contributed by atoms with Gasteiger partial charge in [0.2, 0.25) is 5.91 Å². The number of H-pyrrole nitrogens is 1. The summed E-state index contributed by atoms with van der Waals surface area (Å²) in [7, 11) is 0. The maximum atomic E-state index is 13.0. The number of aryl methyl sites for hydroxylation is 2. The number of amides is 1. The summed E-state index contributed by atoms with van der Waals surface area (Å²) in [4.78, 5) is 14.9. The van der Waals surface area contributed by atoms with Crippen LogP contribution in [0.15, 0.2) is 35.1 Å². The van der Waals surface area contributed by atoms with Crippen LogP contribution in [-0.4, -0.2) is 40.8 Å². The number of aromatic nitrogens is 2. The number of fused-ring (bicyclic) bond motifs is 1. The zero-order valence-corrected chi connectivity index (χ0v) is 14.4. The van der Waals surface area contributed by atoms with Gasteiger partial charge in [-0.2, -0.15) is 5.10 Å². The lowest BCUT2D eigenvalue weighted by Crippen LogP contribution is -2.44. The molecule has 1 N–H and O–H groups in total. The van der Waals surface area contributed by atoms with Crippen molar-refractivity contribution in [3.05, 3.63) is 53.0 Å². The van der Waals surface area contributed by atoms with E-state index in [1.807, 2.05) is 36.9 Å². The van der Waals surface area contributed by atoms with Crippen molar-refractivity contribution in [2.75, 3.05) is 19.8 Å². The van der Waals surface area contributed by atoms with Crippen molar-refractivity contribution in [3.8, 4) is 0 Å². The number of rotatable bonds is 3. The van der Waals surface area contributed by atoms with Gasteiger partial charge in [0.15, 0.2) is 0 Å². The Kier molecular flexibility index (Phi) is 4.05. The fraction of sp³-hybridized carbons (Fsp3) is 0.368. The van der Waals surface area contributed by atoms with Crippen LogP contribution in [0.2, 0.25) is 0 Å². The molecule has 1 fully saturated rings. The first-order valence-electron chi connectivity index (χ1n) is 8.47. The molecule has 6 nitrogen and oxygen atoms in total. The lowest BCUT2D eigenvalue weighted by atomic mass is 10.0. The summed E-state index contributed by atoms with van der Waals surface area (Å²) in [6.07, 6.45) is 3.79. The molecule has 1 amide bonds. The standard InChI is InChI=1S/C19H21N3O3/c1-12-3-4-15-14(10-25-17(15)7-12)8-18(23)22-5-6-24-11-16(22)19-13(2)9-20-21-19/h3-4,7,9-10,16H,5-6,8,11H2,1-2H3,(H,20,21)/t16-/m1/s1. The molecule has 0 saturated carbocycles.